The van der Waals surface area contributed by atoms with Crippen LogP contribution < -0.4 is 5.32 Å². The van der Waals surface area contributed by atoms with Crippen LogP contribution >= 0.6 is 0 Å². The second-order valence-electron chi connectivity index (χ2n) is 4.89. The molecule has 108 valence electrons. The van der Waals surface area contributed by atoms with Gasteiger partial charge in [0, 0.05) is 23.4 Å². The molecule has 2 heterocycles. The van der Waals surface area contributed by atoms with E-state index in [0.717, 1.165) is 16.8 Å². The smallest absolute Gasteiger partial charge is 0.269 e. The minimum Gasteiger partial charge on any atom is -0.359 e. The number of hydrogen-bond acceptors (Lipinski definition) is 6. The van der Waals surface area contributed by atoms with Crippen LogP contribution in [-0.4, -0.2) is 25.1 Å². The molecule has 0 amide bonds. The van der Waals surface area contributed by atoms with E-state index in [9.17, 15) is 10.1 Å². The summed E-state index contributed by atoms with van der Waals surface area (Å²) >= 11 is 0. The molecule has 0 aliphatic carbocycles. The number of nitrogens with one attached hydrogen (secondary N) is 1. The lowest BCUT2D eigenvalue weighted by Gasteiger charge is -2.27. The van der Waals surface area contributed by atoms with Gasteiger partial charge in [0.15, 0.2) is 12.0 Å². The van der Waals surface area contributed by atoms with E-state index in [4.69, 9.17) is 0 Å². The zero-order chi connectivity index (χ0) is 15.1. The predicted octanol–water partition coefficient (Wildman–Crippen LogP) is 2.22. The Morgan fingerprint density at radius 2 is 1.91 bits per heavy atom. The first kappa shape index (κ1) is 12.5. The average Bonchev–Trinajstić information content (AvgIpc) is 3.04. The molecule has 2 aromatic carbocycles. The molecule has 4 rings (SSSR count). The zero-order valence-corrected chi connectivity index (χ0v) is 11.2. The fourth-order valence-electron chi connectivity index (χ4n) is 2.56. The van der Waals surface area contributed by atoms with Crippen LogP contribution in [0.3, 0.4) is 0 Å². The number of hydrogen-bond donors (Lipinski definition) is 1. The molecule has 0 saturated carbocycles. The van der Waals surface area contributed by atoms with Crippen molar-refractivity contribution in [2.24, 2.45) is 0 Å². The van der Waals surface area contributed by atoms with Gasteiger partial charge in [-0.3, -0.25) is 10.1 Å². The summed E-state index contributed by atoms with van der Waals surface area (Å²) in [6.07, 6.45) is -0.305. The monoisotopic (exact) mass is 294 g/mol. The Morgan fingerprint density at radius 3 is 2.68 bits per heavy atom. The lowest BCUT2D eigenvalue weighted by Crippen LogP contribution is -2.25. The Bertz CT molecular complexity index is 858. The Hall–Kier alpha value is -3.29. The lowest BCUT2D eigenvalue weighted by atomic mass is 10.1. The maximum Gasteiger partial charge on any atom is 0.269 e. The molecule has 1 atom stereocenters. The largest absolute Gasteiger partial charge is 0.359 e. The fourth-order valence-corrected chi connectivity index (χ4v) is 2.56. The first-order chi connectivity index (χ1) is 10.7. The summed E-state index contributed by atoms with van der Waals surface area (Å²) in [6, 6.07) is 14.1. The van der Waals surface area contributed by atoms with Crippen molar-refractivity contribution in [3.63, 3.8) is 0 Å². The topological polar surface area (TPSA) is 98.8 Å². The highest BCUT2D eigenvalue weighted by Gasteiger charge is 2.27. The van der Waals surface area contributed by atoms with Gasteiger partial charge in [0.1, 0.15) is 0 Å². The van der Waals surface area contributed by atoms with Crippen LogP contribution in [0.4, 0.5) is 11.4 Å². The number of nitrogens with zero attached hydrogens (tertiary/aromatic N) is 5. The van der Waals surface area contributed by atoms with E-state index in [2.05, 4.69) is 20.8 Å². The summed E-state index contributed by atoms with van der Waals surface area (Å²) < 4.78 is 1.67. The van der Waals surface area contributed by atoms with Gasteiger partial charge in [-0.1, -0.05) is 12.1 Å². The van der Waals surface area contributed by atoms with E-state index < -0.39 is 4.92 Å². The van der Waals surface area contributed by atoms with Gasteiger partial charge in [-0.15, -0.1) is 5.10 Å². The van der Waals surface area contributed by atoms with E-state index in [1.165, 1.54) is 12.1 Å². The number of non-ortho nitro benzene ring substituents is 1. The molecule has 1 aliphatic heterocycles. The number of tetrazole rings is 1. The third-order valence-electron chi connectivity index (χ3n) is 3.62. The predicted molar refractivity (Wildman–Crippen MR) is 78.1 cm³/mol. The number of aromatic nitrogens is 4. The number of nitro groups is 1. The molecule has 22 heavy (non-hydrogen) atoms. The number of rotatable bonds is 2. The van der Waals surface area contributed by atoms with Crippen molar-refractivity contribution in [2.45, 2.75) is 6.17 Å². The van der Waals surface area contributed by atoms with E-state index >= 15 is 0 Å². The summed E-state index contributed by atoms with van der Waals surface area (Å²) in [5.41, 5.74) is 2.74. The standard InChI is InChI=1S/C14H10N6O2/c21-20(22)10-7-5-9(6-8-10)13-15-12-4-2-1-3-11(12)14-16-17-18-19(13)14/h1-8,13,15H/t13-/m0/s1. The highest BCUT2D eigenvalue weighted by atomic mass is 16.6. The lowest BCUT2D eigenvalue weighted by molar-refractivity contribution is -0.384. The molecule has 1 N–H and O–H groups in total. The van der Waals surface area contributed by atoms with E-state index in [1.807, 2.05) is 24.3 Å². The van der Waals surface area contributed by atoms with E-state index in [1.54, 1.807) is 16.8 Å². The number of fused-ring (bicyclic) bond motifs is 3. The zero-order valence-electron chi connectivity index (χ0n) is 11.2. The van der Waals surface area contributed by atoms with Gasteiger partial charge < -0.3 is 5.32 Å². The van der Waals surface area contributed by atoms with Crippen LogP contribution in [0.5, 0.6) is 0 Å². The third-order valence-corrected chi connectivity index (χ3v) is 3.62. The molecule has 8 heteroatoms. The molecule has 0 saturated heterocycles. The van der Waals surface area contributed by atoms with Crippen LogP contribution in [0, 0.1) is 10.1 Å². The number of para-hydroxylation sites is 1. The molecule has 3 aromatic rings. The molecule has 0 bridgehead atoms. The Kier molecular flexibility index (Phi) is 2.62. The quantitative estimate of drug-likeness (QED) is 0.574. The molecule has 8 nitrogen and oxygen atoms in total. The molecule has 0 spiro atoms. The van der Waals surface area contributed by atoms with Gasteiger partial charge in [-0.05, 0) is 40.3 Å². The molecule has 1 aliphatic rings. The second-order valence-corrected chi connectivity index (χ2v) is 4.89. The minimum absolute atomic E-state index is 0.0527. The SMILES string of the molecule is O=[N+]([O-])c1ccc([C@H]2Nc3ccccc3-c3nnnn32)cc1. The van der Waals surface area contributed by atoms with Gasteiger partial charge in [-0.2, -0.15) is 4.68 Å². The highest BCUT2D eigenvalue weighted by Crippen LogP contribution is 2.36. The van der Waals surface area contributed by atoms with Crippen molar-refractivity contribution in [1.29, 1.82) is 0 Å². The van der Waals surface area contributed by atoms with Crippen molar-refractivity contribution in [3.05, 3.63) is 64.2 Å². The van der Waals surface area contributed by atoms with Crippen molar-refractivity contribution in [2.75, 3.05) is 5.32 Å². The Morgan fingerprint density at radius 1 is 1.14 bits per heavy atom. The van der Waals surface area contributed by atoms with Crippen molar-refractivity contribution < 1.29 is 4.92 Å². The molecular weight excluding hydrogens is 284 g/mol. The Balaban J connectivity index is 1.80. The highest BCUT2D eigenvalue weighted by molar-refractivity contribution is 5.76. The van der Waals surface area contributed by atoms with Crippen LogP contribution in [0.1, 0.15) is 11.7 Å². The summed E-state index contributed by atoms with van der Waals surface area (Å²) in [4.78, 5) is 10.3. The van der Waals surface area contributed by atoms with Crippen LogP contribution in [0.15, 0.2) is 48.5 Å². The van der Waals surface area contributed by atoms with Gasteiger partial charge in [0.2, 0.25) is 0 Å². The molecule has 0 radical (unpaired) electrons. The third kappa shape index (κ3) is 1.81. The number of benzene rings is 2. The van der Waals surface area contributed by atoms with Gasteiger partial charge in [0.25, 0.3) is 5.69 Å². The van der Waals surface area contributed by atoms with Gasteiger partial charge >= 0.3 is 0 Å². The maximum atomic E-state index is 10.8. The van der Waals surface area contributed by atoms with E-state index in [-0.39, 0.29) is 11.9 Å². The van der Waals surface area contributed by atoms with E-state index in [0.29, 0.717) is 5.82 Å². The van der Waals surface area contributed by atoms with Gasteiger partial charge in [0.05, 0.1) is 4.92 Å². The minimum atomic E-state index is -0.421. The molecule has 0 fully saturated rings. The summed E-state index contributed by atoms with van der Waals surface area (Å²) in [5, 5.41) is 26.0. The van der Waals surface area contributed by atoms with Crippen LogP contribution in [-0.2, 0) is 0 Å². The van der Waals surface area contributed by atoms with Crippen molar-refractivity contribution in [3.8, 4) is 11.4 Å². The normalized spacial score (nSPS) is 15.5. The summed E-state index contributed by atoms with van der Waals surface area (Å²) in [6.45, 7) is 0. The number of nitro benzene ring substituents is 1. The maximum absolute atomic E-state index is 10.8. The van der Waals surface area contributed by atoms with Crippen LogP contribution in [0.25, 0.3) is 11.4 Å². The first-order valence-electron chi connectivity index (χ1n) is 6.62. The van der Waals surface area contributed by atoms with Crippen LogP contribution in [0.2, 0.25) is 0 Å². The summed E-state index contributed by atoms with van der Waals surface area (Å²) in [7, 11) is 0. The van der Waals surface area contributed by atoms with Crippen molar-refractivity contribution >= 4 is 11.4 Å². The summed E-state index contributed by atoms with van der Waals surface area (Å²) in [5.74, 6) is 0.665. The first-order valence-corrected chi connectivity index (χ1v) is 6.62. The molecule has 0 unspecified atom stereocenters. The van der Waals surface area contributed by atoms with Crippen molar-refractivity contribution in [1.82, 2.24) is 20.2 Å². The Labute approximate surface area is 124 Å². The number of anilines is 1. The van der Waals surface area contributed by atoms with Gasteiger partial charge in [-0.25, -0.2) is 0 Å². The fraction of sp³-hybridized carbons (Fsp3) is 0.0714. The second kappa shape index (κ2) is 4.62. The molecular formula is C14H10N6O2. The molecule has 1 aromatic heterocycles. The average molecular weight is 294 g/mol.